The molecule has 0 radical (unpaired) electrons. The normalized spacial score (nSPS) is 13.6. The molecule has 0 aliphatic rings. The number of rotatable bonds is 6. The average molecular weight is 289 g/mol. The molecule has 0 aliphatic heterocycles. The first kappa shape index (κ1) is 17.4. The highest BCUT2D eigenvalue weighted by Crippen LogP contribution is 2.08. The Morgan fingerprint density at radius 2 is 1.86 bits per heavy atom. The smallest absolute Gasteiger partial charge is 0.253 e. The minimum Gasteiger partial charge on any atom is -0.364 e. The highest BCUT2D eigenvalue weighted by atomic mass is 16.5. The van der Waals surface area contributed by atoms with Crippen LogP contribution >= 0.6 is 0 Å². The van der Waals surface area contributed by atoms with Crippen molar-refractivity contribution >= 4 is 12.0 Å². The van der Waals surface area contributed by atoms with Gasteiger partial charge in [0.25, 0.3) is 5.91 Å². The first-order valence-electron chi connectivity index (χ1n) is 7.45. The van der Waals surface area contributed by atoms with Crippen molar-refractivity contribution in [3.63, 3.8) is 0 Å². The van der Waals surface area contributed by atoms with E-state index in [1.54, 1.807) is 0 Å². The van der Waals surface area contributed by atoms with Gasteiger partial charge in [0.2, 0.25) is 0 Å². The second kappa shape index (κ2) is 7.99. The van der Waals surface area contributed by atoms with E-state index in [0.717, 1.165) is 5.56 Å². The zero-order chi connectivity index (χ0) is 15.9. The Morgan fingerprint density at radius 3 is 2.38 bits per heavy atom. The number of hydrogen-bond donors (Lipinski definition) is 1. The molecule has 0 spiro atoms. The van der Waals surface area contributed by atoms with Crippen LogP contribution in [0.15, 0.2) is 36.4 Å². The Balaban J connectivity index is 2.76. The SMILES string of the molecule is CC(C)COC(/C=C/c1ccccc1)C(=O)NC(C)(C)C. The topological polar surface area (TPSA) is 38.3 Å². The van der Waals surface area contributed by atoms with Gasteiger partial charge < -0.3 is 10.1 Å². The Morgan fingerprint density at radius 1 is 1.24 bits per heavy atom. The van der Waals surface area contributed by atoms with Crippen LogP contribution in [0.1, 0.15) is 40.2 Å². The molecule has 0 aromatic heterocycles. The first-order valence-corrected chi connectivity index (χ1v) is 7.45. The monoisotopic (exact) mass is 289 g/mol. The van der Waals surface area contributed by atoms with E-state index in [2.05, 4.69) is 19.2 Å². The molecule has 0 heterocycles. The Labute approximate surface area is 128 Å². The Bertz CT molecular complexity index is 458. The molecule has 3 heteroatoms. The van der Waals surface area contributed by atoms with Crippen LogP contribution in [-0.2, 0) is 9.53 Å². The van der Waals surface area contributed by atoms with Gasteiger partial charge in [0.05, 0.1) is 6.61 Å². The summed E-state index contributed by atoms with van der Waals surface area (Å²) in [6.07, 6.45) is 3.18. The van der Waals surface area contributed by atoms with Gasteiger partial charge in [-0.3, -0.25) is 4.79 Å². The molecule has 21 heavy (non-hydrogen) atoms. The summed E-state index contributed by atoms with van der Waals surface area (Å²) < 4.78 is 5.73. The fraction of sp³-hybridized carbons (Fsp3) is 0.500. The van der Waals surface area contributed by atoms with E-state index < -0.39 is 6.10 Å². The van der Waals surface area contributed by atoms with Crippen molar-refractivity contribution in [1.29, 1.82) is 0 Å². The maximum Gasteiger partial charge on any atom is 0.253 e. The van der Waals surface area contributed by atoms with E-state index in [4.69, 9.17) is 4.74 Å². The van der Waals surface area contributed by atoms with E-state index >= 15 is 0 Å². The standard InChI is InChI=1S/C18H27NO2/c1-14(2)13-21-16(17(20)19-18(3,4)5)12-11-15-9-7-6-8-10-15/h6-12,14,16H,13H2,1-5H3,(H,19,20)/b12-11+. The summed E-state index contributed by atoms with van der Waals surface area (Å²) in [7, 11) is 0. The molecule has 1 unspecified atom stereocenters. The zero-order valence-electron chi connectivity index (χ0n) is 13.7. The summed E-state index contributed by atoms with van der Waals surface area (Å²) in [4.78, 5) is 12.3. The molecule has 0 bridgehead atoms. The minimum atomic E-state index is -0.563. The van der Waals surface area contributed by atoms with E-state index in [1.807, 2.05) is 63.3 Å². The molecule has 116 valence electrons. The second-order valence-corrected chi connectivity index (χ2v) is 6.66. The van der Waals surface area contributed by atoms with Gasteiger partial charge in [-0.2, -0.15) is 0 Å². The maximum absolute atomic E-state index is 12.3. The quantitative estimate of drug-likeness (QED) is 0.868. The third-order valence-corrected chi connectivity index (χ3v) is 2.63. The molecule has 0 aliphatic carbocycles. The third-order valence-electron chi connectivity index (χ3n) is 2.63. The van der Waals surface area contributed by atoms with E-state index in [0.29, 0.717) is 12.5 Å². The van der Waals surface area contributed by atoms with E-state index in [9.17, 15) is 4.79 Å². The molecule has 0 fully saturated rings. The van der Waals surface area contributed by atoms with Gasteiger partial charge in [-0.05, 0) is 38.3 Å². The van der Waals surface area contributed by atoms with Crippen LogP contribution < -0.4 is 5.32 Å². The molecule has 1 aromatic rings. The highest BCUT2D eigenvalue weighted by Gasteiger charge is 2.21. The van der Waals surface area contributed by atoms with Gasteiger partial charge >= 0.3 is 0 Å². The molecule has 1 N–H and O–H groups in total. The number of nitrogens with one attached hydrogen (secondary N) is 1. The van der Waals surface area contributed by atoms with Crippen LogP contribution in [0.4, 0.5) is 0 Å². The van der Waals surface area contributed by atoms with Crippen LogP contribution in [-0.4, -0.2) is 24.2 Å². The summed E-state index contributed by atoms with van der Waals surface area (Å²) in [6.45, 7) is 10.6. The van der Waals surface area contributed by atoms with Gasteiger partial charge in [0.15, 0.2) is 6.10 Å². The predicted molar refractivity (Wildman–Crippen MR) is 87.9 cm³/mol. The molecule has 0 saturated heterocycles. The van der Waals surface area contributed by atoms with Crippen LogP contribution in [0.3, 0.4) is 0 Å². The van der Waals surface area contributed by atoms with Crippen molar-refractivity contribution in [1.82, 2.24) is 5.32 Å². The maximum atomic E-state index is 12.3. The Hall–Kier alpha value is -1.61. The lowest BCUT2D eigenvalue weighted by molar-refractivity contribution is -0.131. The number of carbonyl (C=O) groups is 1. The van der Waals surface area contributed by atoms with Gasteiger partial charge in [0.1, 0.15) is 0 Å². The lowest BCUT2D eigenvalue weighted by Crippen LogP contribution is -2.46. The predicted octanol–water partition coefficient (Wildman–Crippen LogP) is 3.66. The third kappa shape index (κ3) is 7.66. The van der Waals surface area contributed by atoms with E-state index in [-0.39, 0.29) is 11.4 Å². The van der Waals surface area contributed by atoms with Gasteiger partial charge in [-0.15, -0.1) is 0 Å². The lowest BCUT2D eigenvalue weighted by Gasteiger charge is -2.24. The van der Waals surface area contributed by atoms with Crippen LogP contribution in [0.5, 0.6) is 0 Å². The van der Waals surface area contributed by atoms with Crippen LogP contribution in [0.2, 0.25) is 0 Å². The van der Waals surface area contributed by atoms with Crippen molar-refractivity contribution in [2.75, 3.05) is 6.61 Å². The second-order valence-electron chi connectivity index (χ2n) is 6.66. The van der Waals surface area contributed by atoms with Gasteiger partial charge in [-0.1, -0.05) is 50.3 Å². The number of amides is 1. The molecule has 1 atom stereocenters. The summed E-state index contributed by atoms with van der Waals surface area (Å²) in [5, 5.41) is 2.96. The van der Waals surface area contributed by atoms with Crippen molar-refractivity contribution in [3.8, 4) is 0 Å². The number of hydrogen-bond acceptors (Lipinski definition) is 2. The van der Waals surface area contributed by atoms with Crippen molar-refractivity contribution in [2.45, 2.75) is 46.3 Å². The fourth-order valence-corrected chi connectivity index (χ4v) is 1.72. The molecule has 1 aromatic carbocycles. The zero-order valence-corrected chi connectivity index (χ0v) is 13.7. The Kier molecular flexibility index (Phi) is 6.63. The largest absolute Gasteiger partial charge is 0.364 e. The molecular weight excluding hydrogens is 262 g/mol. The number of ether oxygens (including phenoxy) is 1. The molecule has 1 amide bonds. The van der Waals surface area contributed by atoms with Crippen molar-refractivity contribution < 1.29 is 9.53 Å². The molecule has 1 rings (SSSR count). The lowest BCUT2D eigenvalue weighted by atomic mass is 10.1. The number of benzene rings is 1. The summed E-state index contributed by atoms with van der Waals surface area (Å²) in [6, 6.07) is 9.91. The van der Waals surface area contributed by atoms with Gasteiger partial charge in [-0.25, -0.2) is 0 Å². The highest BCUT2D eigenvalue weighted by molar-refractivity contribution is 5.84. The summed E-state index contributed by atoms with van der Waals surface area (Å²) in [5.74, 6) is 0.287. The molecular formula is C18H27NO2. The number of carbonyl (C=O) groups excluding carboxylic acids is 1. The van der Waals surface area contributed by atoms with Crippen LogP contribution in [0.25, 0.3) is 6.08 Å². The van der Waals surface area contributed by atoms with E-state index in [1.165, 1.54) is 0 Å². The van der Waals surface area contributed by atoms with Crippen molar-refractivity contribution in [2.24, 2.45) is 5.92 Å². The fourth-order valence-electron chi connectivity index (χ4n) is 1.72. The average Bonchev–Trinajstić information content (AvgIpc) is 2.37. The summed E-state index contributed by atoms with van der Waals surface area (Å²) >= 11 is 0. The summed E-state index contributed by atoms with van der Waals surface area (Å²) in [5.41, 5.74) is 0.788. The van der Waals surface area contributed by atoms with Crippen molar-refractivity contribution in [3.05, 3.63) is 42.0 Å². The first-order chi connectivity index (χ1) is 9.78. The molecule has 0 saturated carbocycles. The minimum absolute atomic E-state index is 0.102. The molecule has 3 nitrogen and oxygen atoms in total. The van der Waals surface area contributed by atoms with Gasteiger partial charge in [0, 0.05) is 5.54 Å². The van der Waals surface area contributed by atoms with Crippen LogP contribution in [0, 0.1) is 5.92 Å².